The van der Waals surface area contributed by atoms with Crippen LogP contribution in [0.5, 0.6) is 5.75 Å². The molecule has 7 heteroatoms. The maximum atomic E-state index is 12.9. The van der Waals surface area contributed by atoms with Crippen LogP contribution in [-0.2, 0) is 14.8 Å². The summed E-state index contributed by atoms with van der Waals surface area (Å²) in [6, 6.07) is 6.39. The van der Waals surface area contributed by atoms with E-state index in [1.54, 1.807) is 31.4 Å². The molecule has 0 aliphatic carbocycles. The van der Waals surface area contributed by atoms with Gasteiger partial charge in [-0.15, -0.1) is 0 Å². The summed E-state index contributed by atoms with van der Waals surface area (Å²) in [6.45, 7) is 5.69. The predicted octanol–water partition coefficient (Wildman–Crippen LogP) is 3.43. The SMILES string of the molecule is CCCCC(CC)CNC(=O)C1CCCN(S(=O)(=O)c2ccc(OC)cc2)C1. The highest BCUT2D eigenvalue weighted by Gasteiger charge is 2.33. The van der Waals surface area contributed by atoms with Gasteiger partial charge in [0, 0.05) is 19.6 Å². The fourth-order valence-corrected chi connectivity index (χ4v) is 5.13. The lowest BCUT2D eigenvalue weighted by Crippen LogP contribution is -2.46. The molecule has 0 saturated carbocycles. The first-order valence-corrected chi connectivity index (χ1v) is 11.8. The first-order valence-electron chi connectivity index (χ1n) is 10.3. The van der Waals surface area contributed by atoms with Crippen LogP contribution < -0.4 is 10.1 Å². The standard InChI is InChI=1S/C21H34N2O4S/c1-4-6-8-17(5-2)15-22-21(24)18-9-7-14-23(16-18)28(25,26)20-12-10-19(27-3)11-13-20/h10-13,17-18H,4-9,14-16H2,1-3H3,(H,22,24). The van der Waals surface area contributed by atoms with E-state index in [9.17, 15) is 13.2 Å². The van der Waals surface area contributed by atoms with Crippen molar-refractivity contribution in [2.45, 2.75) is 57.3 Å². The van der Waals surface area contributed by atoms with Gasteiger partial charge in [0.1, 0.15) is 5.75 Å². The molecule has 1 fully saturated rings. The van der Waals surface area contributed by atoms with Crippen LogP contribution in [0.25, 0.3) is 0 Å². The molecular weight excluding hydrogens is 376 g/mol. The number of methoxy groups -OCH3 is 1. The van der Waals surface area contributed by atoms with Crippen molar-refractivity contribution in [3.05, 3.63) is 24.3 Å². The summed E-state index contributed by atoms with van der Waals surface area (Å²) in [5.41, 5.74) is 0. The van der Waals surface area contributed by atoms with E-state index in [0.29, 0.717) is 31.2 Å². The molecule has 158 valence electrons. The van der Waals surface area contributed by atoms with Gasteiger partial charge in [-0.2, -0.15) is 4.31 Å². The number of nitrogens with zero attached hydrogens (tertiary/aromatic N) is 1. The molecule has 1 amide bonds. The van der Waals surface area contributed by atoms with E-state index < -0.39 is 10.0 Å². The third-order valence-electron chi connectivity index (χ3n) is 5.56. The van der Waals surface area contributed by atoms with Crippen LogP contribution in [0.15, 0.2) is 29.2 Å². The minimum absolute atomic E-state index is 0.0235. The van der Waals surface area contributed by atoms with Crippen molar-refractivity contribution in [1.82, 2.24) is 9.62 Å². The average molecular weight is 411 g/mol. The molecule has 0 spiro atoms. The number of carbonyl (C=O) groups excluding carboxylic acids is 1. The van der Waals surface area contributed by atoms with Gasteiger partial charge in [0.2, 0.25) is 15.9 Å². The van der Waals surface area contributed by atoms with E-state index in [-0.39, 0.29) is 23.3 Å². The third kappa shape index (κ3) is 5.95. The van der Waals surface area contributed by atoms with Gasteiger partial charge in [-0.1, -0.05) is 33.1 Å². The van der Waals surface area contributed by atoms with Crippen molar-refractivity contribution >= 4 is 15.9 Å². The zero-order valence-corrected chi connectivity index (χ0v) is 18.1. The number of amides is 1. The zero-order valence-electron chi connectivity index (χ0n) is 17.3. The van der Waals surface area contributed by atoms with Gasteiger partial charge in [-0.25, -0.2) is 8.42 Å². The summed E-state index contributed by atoms with van der Waals surface area (Å²) < 4.78 is 32.4. The Bertz CT molecular complexity index is 718. The smallest absolute Gasteiger partial charge is 0.243 e. The summed E-state index contributed by atoms with van der Waals surface area (Å²) in [6.07, 6.45) is 5.92. The van der Waals surface area contributed by atoms with E-state index >= 15 is 0 Å². The quantitative estimate of drug-likeness (QED) is 0.641. The summed E-state index contributed by atoms with van der Waals surface area (Å²) in [7, 11) is -2.06. The van der Waals surface area contributed by atoms with Gasteiger partial charge >= 0.3 is 0 Å². The number of unbranched alkanes of at least 4 members (excludes halogenated alkanes) is 1. The highest BCUT2D eigenvalue weighted by atomic mass is 32.2. The second-order valence-electron chi connectivity index (χ2n) is 7.54. The molecule has 1 aromatic rings. The molecule has 1 saturated heterocycles. The Morgan fingerprint density at radius 3 is 2.61 bits per heavy atom. The molecular formula is C21H34N2O4S. The highest BCUT2D eigenvalue weighted by Crippen LogP contribution is 2.25. The fourth-order valence-electron chi connectivity index (χ4n) is 3.60. The second kappa shape index (κ2) is 10.8. The van der Waals surface area contributed by atoms with E-state index in [0.717, 1.165) is 25.7 Å². The van der Waals surface area contributed by atoms with Crippen LogP contribution in [0.4, 0.5) is 0 Å². The molecule has 1 N–H and O–H groups in total. The van der Waals surface area contributed by atoms with E-state index in [1.807, 2.05) is 0 Å². The normalized spacial score (nSPS) is 19.2. The largest absolute Gasteiger partial charge is 0.497 e. The monoisotopic (exact) mass is 410 g/mol. The lowest BCUT2D eigenvalue weighted by molar-refractivity contribution is -0.126. The van der Waals surface area contributed by atoms with Crippen LogP contribution in [-0.4, -0.2) is 45.4 Å². The molecule has 1 heterocycles. The minimum atomic E-state index is -3.60. The topological polar surface area (TPSA) is 75.7 Å². The summed E-state index contributed by atoms with van der Waals surface area (Å²) >= 11 is 0. The Morgan fingerprint density at radius 2 is 2.00 bits per heavy atom. The van der Waals surface area contributed by atoms with E-state index in [2.05, 4.69) is 19.2 Å². The number of nitrogens with one attached hydrogen (secondary N) is 1. The number of ether oxygens (including phenoxy) is 1. The van der Waals surface area contributed by atoms with Crippen molar-refractivity contribution in [3.8, 4) is 5.75 Å². The van der Waals surface area contributed by atoms with Crippen molar-refractivity contribution in [1.29, 1.82) is 0 Å². The molecule has 2 unspecified atom stereocenters. The number of carbonyl (C=O) groups is 1. The van der Waals surface area contributed by atoms with Crippen LogP contribution in [0.1, 0.15) is 52.4 Å². The van der Waals surface area contributed by atoms with Crippen LogP contribution >= 0.6 is 0 Å². The number of hydrogen-bond acceptors (Lipinski definition) is 4. The maximum Gasteiger partial charge on any atom is 0.243 e. The zero-order chi connectivity index (χ0) is 20.6. The summed E-state index contributed by atoms with van der Waals surface area (Å²) in [5.74, 6) is 0.796. The maximum absolute atomic E-state index is 12.9. The van der Waals surface area contributed by atoms with Crippen LogP contribution in [0.2, 0.25) is 0 Å². The Morgan fingerprint density at radius 1 is 1.29 bits per heavy atom. The first kappa shape index (κ1) is 22.7. The Labute approximate surface area is 169 Å². The summed E-state index contributed by atoms with van der Waals surface area (Å²) in [4.78, 5) is 12.9. The lowest BCUT2D eigenvalue weighted by Gasteiger charge is -2.31. The van der Waals surface area contributed by atoms with Gasteiger partial charge in [-0.3, -0.25) is 4.79 Å². The molecule has 2 rings (SSSR count). The van der Waals surface area contributed by atoms with Gasteiger partial charge in [0.25, 0.3) is 0 Å². The van der Waals surface area contributed by atoms with Gasteiger partial charge in [0.15, 0.2) is 0 Å². The van der Waals surface area contributed by atoms with Crippen molar-refractivity contribution in [2.75, 3.05) is 26.7 Å². The van der Waals surface area contributed by atoms with Crippen LogP contribution in [0, 0.1) is 11.8 Å². The highest BCUT2D eigenvalue weighted by molar-refractivity contribution is 7.89. The molecule has 2 atom stereocenters. The van der Waals surface area contributed by atoms with Crippen molar-refractivity contribution in [3.63, 3.8) is 0 Å². The van der Waals surface area contributed by atoms with Crippen LogP contribution in [0.3, 0.4) is 0 Å². The molecule has 1 aromatic carbocycles. The number of piperidine rings is 1. The van der Waals surface area contributed by atoms with Gasteiger partial charge < -0.3 is 10.1 Å². The lowest BCUT2D eigenvalue weighted by atomic mass is 9.96. The molecule has 0 bridgehead atoms. The Kier molecular flexibility index (Phi) is 8.76. The molecule has 28 heavy (non-hydrogen) atoms. The van der Waals surface area contributed by atoms with Crippen molar-refractivity contribution in [2.24, 2.45) is 11.8 Å². The average Bonchev–Trinajstić information content (AvgIpc) is 2.73. The molecule has 6 nitrogen and oxygen atoms in total. The number of rotatable bonds is 10. The predicted molar refractivity (Wildman–Crippen MR) is 111 cm³/mol. The van der Waals surface area contributed by atoms with Gasteiger partial charge in [-0.05, 0) is 49.4 Å². The molecule has 0 aromatic heterocycles. The van der Waals surface area contributed by atoms with E-state index in [1.165, 1.54) is 10.7 Å². The Balaban J connectivity index is 1.97. The fraction of sp³-hybridized carbons (Fsp3) is 0.667. The van der Waals surface area contributed by atoms with Crippen molar-refractivity contribution < 1.29 is 17.9 Å². The van der Waals surface area contributed by atoms with E-state index in [4.69, 9.17) is 4.74 Å². The Hall–Kier alpha value is -1.60. The summed E-state index contributed by atoms with van der Waals surface area (Å²) in [5, 5.41) is 3.06. The number of benzene rings is 1. The second-order valence-corrected chi connectivity index (χ2v) is 9.48. The molecule has 1 aliphatic heterocycles. The number of hydrogen-bond donors (Lipinski definition) is 1. The first-order chi connectivity index (χ1) is 13.4. The third-order valence-corrected chi connectivity index (χ3v) is 7.44. The molecule has 1 aliphatic rings. The van der Waals surface area contributed by atoms with Gasteiger partial charge in [0.05, 0.1) is 17.9 Å². The molecule has 0 radical (unpaired) electrons. The number of sulfonamides is 1. The minimum Gasteiger partial charge on any atom is -0.497 e.